The van der Waals surface area contributed by atoms with Crippen molar-refractivity contribution in [3.8, 4) is 0 Å². The third-order valence-corrected chi connectivity index (χ3v) is 2.30. The van der Waals surface area contributed by atoms with Gasteiger partial charge in [0.05, 0.1) is 6.10 Å². The van der Waals surface area contributed by atoms with Crippen LogP contribution in [0, 0.1) is 0 Å². The SMILES string of the molecule is CC1=C(Cl)C(O)CC(C(=O)O)=C1. The minimum atomic E-state index is -1.00. The molecule has 0 aromatic rings. The molecular weight excluding hydrogens is 180 g/mol. The molecule has 0 heterocycles. The van der Waals surface area contributed by atoms with Crippen LogP contribution in [0.3, 0.4) is 0 Å². The number of allylic oxidation sites excluding steroid dienone is 2. The van der Waals surface area contributed by atoms with Crippen LogP contribution in [0.15, 0.2) is 22.3 Å². The van der Waals surface area contributed by atoms with Gasteiger partial charge in [0.15, 0.2) is 0 Å². The molecule has 0 spiro atoms. The molecule has 0 fully saturated rings. The maximum absolute atomic E-state index is 10.5. The minimum absolute atomic E-state index is 0.0888. The second kappa shape index (κ2) is 3.29. The van der Waals surface area contributed by atoms with Crippen molar-refractivity contribution in [2.24, 2.45) is 0 Å². The monoisotopic (exact) mass is 188 g/mol. The molecule has 1 aliphatic carbocycles. The number of hydrogen-bond acceptors (Lipinski definition) is 2. The summed E-state index contributed by atoms with van der Waals surface area (Å²) in [6.45, 7) is 1.67. The molecule has 12 heavy (non-hydrogen) atoms. The Bertz CT molecular complexity index is 278. The zero-order valence-corrected chi connectivity index (χ0v) is 7.30. The molecule has 0 radical (unpaired) electrons. The van der Waals surface area contributed by atoms with Crippen molar-refractivity contribution in [1.82, 2.24) is 0 Å². The Kier molecular flexibility index (Phi) is 2.55. The van der Waals surface area contributed by atoms with E-state index in [2.05, 4.69) is 0 Å². The lowest BCUT2D eigenvalue weighted by Gasteiger charge is -2.16. The van der Waals surface area contributed by atoms with Gasteiger partial charge in [-0.3, -0.25) is 0 Å². The average molecular weight is 189 g/mol. The summed E-state index contributed by atoms with van der Waals surface area (Å²) < 4.78 is 0. The Balaban J connectivity index is 2.98. The number of carboxylic acids is 1. The molecule has 1 aliphatic rings. The van der Waals surface area contributed by atoms with Crippen molar-refractivity contribution in [2.75, 3.05) is 0 Å². The first-order valence-electron chi connectivity index (χ1n) is 3.50. The molecule has 0 amide bonds. The zero-order valence-electron chi connectivity index (χ0n) is 6.54. The fourth-order valence-corrected chi connectivity index (χ4v) is 1.23. The van der Waals surface area contributed by atoms with Gasteiger partial charge in [-0.1, -0.05) is 11.6 Å². The van der Waals surface area contributed by atoms with Gasteiger partial charge in [0.25, 0.3) is 0 Å². The number of carboxylic acid groups (broad SMARTS) is 1. The van der Waals surface area contributed by atoms with E-state index in [0.717, 1.165) is 0 Å². The van der Waals surface area contributed by atoms with E-state index in [0.29, 0.717) is 10.6 Å². The van der Waals surface area contributed by atoms with E-state index >= 15 is 0 Å². The lowest BCUT2D eigenvalue weighted by Crippen LogP contribution is -2.17. The van der Waals surface area contributed by atoms with E-state index in [4.69, 9.17) is 16.7 Å². The van der Waals surface area contributed by atoms with Crippen LogP contribution < -0.4 is 0 Å². The number of aliphatic hydroxyl groups excluding tert-OH is 1. The van der Waals surface area contributed by atoms with Crippen LogP contribution in [0.4, 0.5) is 0 Å². The van der Waals surface area contributed by atoms with Gasteiger partial charge in [-0.25, -0.2) is 4.79 Å². The first kappa shape index (κ1) is 9.29. The molecule has 2 N–H and O–H groups in total. The predicted octanol–water partition coefficient (Wildman–Crippen LogP) is 1.27. The minimum Gasteiger partial charge on any atom is -0.478 e. The van der Waals surface area contributed by atoms with E-state index in [1.807, 2.05) is 0 Å². The molecule has 3 nitrogen and oxygen atoms in total. The number of aliphatic hydroxyl groups is 1. The van der Waals surface area contributed by atoms with E-state index in [-0.39, 0.29) is 12.0 Å². The highest BCUT2D eigenvalue weighted by Crippen LogP contribution is 2.26. The summed E-state index contributed by atoms with van der Waals surface area (Å²) in [6, 6.07) is 0. The van der Waals surface area contributed by atoms with Gasteiger partial charge in [0.1, 0.15) is 0 Å². The van der Waals surface area contributed by atoms with Crippen LogP contribution in [-0.4, -0.2) is 22.3 Å². The second-order valence-electron chi connectivity index (χ2n) is 2.73. The summed E-state index contributed by atoms with van der Waals surface area (Å²) in [5.41, 5.74) is 0.817. The molecule has 66 valence electrons. The summed E-state index contributed by atoms with van der Waals surface area (Å²) in [7, 11) is 0. The van der Waals surface area contributed by atoms with Crippen molar-refractivity contribution < 1.29 is 15.0 Å². The molecule has 0 aromatic carbocycles. The largest absolute Gasteiger partial charge is 0.478 e. The third kappa shape index (κ3) is 1.68. The van der Waals surface area contributed by atoms with E-state index in [1.165, 1.54) is 6.08 Å². The van der Waals surface area contributed by atoms with Crippen molar-refractivity contribution in [3.05, 3.63) is 22.3 Å². The van der Waals surface area contributed by atoms with Crippen LogP contribution in [0.1, 0.15) is 13.3 Å². The highest BCUT2D eigenvalue weighted by atomic mass is 35.5. The number of aliphatic carboxylic acids is 1. The average Bonchev–Trinajstić information content (AvgIpc) is 1.99. The van der Waals surface area contributed by atoms with Crippen molar-refractivity contribution in [2.45, 2.75) is 19.4 Å². The van der Waals surface area contributed by atoms with Gasteiger partial charge in [0.2, 0.25) is 0 Å². The third-order valence-electron chi connectivity index (χ3n) is 1.75. The summed E-state index contributed by atoms with van der Waals surface area (Å²) in [6.07, 6.45) is 0.714. The Morgan fingerprint density at radius 1 is 1.75 bits per heavy atom. The molecule has 0 bridgehead atoms. The van der Waals surface area contributed by atoms with Crippen LogP contribution >= 0.6 is 11.6 Å². The Morgan fingerprint density at radius 3 is 2.75 bits per heavy atom. The topological polar surface area (TPSA) is 57.5 Å². The second-order valence-corrected chi connectivity index (χ2v) is 3.13. The van der Waals surface area contributed by atoms with Crippen LogP contribution in [-0.2, 0) is 4.79 Å². The van der Waals surface area contributed by atoms with Crippen molar-refractivity contribution >= 4 is 17.6 Å². The summed E-state index contributed by atoms with van der Waals surface area (Å²) in [4.78, 5) is 10.5. The molecule has 0 aromatic heterocycles. The summed E-state index contributed by atoms with van der Waals surface area (Å²) in [5, 5.41) is 18.2. The summed E-state index contributed by atoms with van der Waals surface area (Å²) >= 11 is 5.68. The van der Waals surface area contributed by atoms with E-state index in [9.17, 15) is 9.90 Å². The van der Waals surface area contributed by atoms with Crippen LogP contribution in [0.25, 0.3) is 0 Å². The highest BCUT2D eigenvalue weighted by molar-refractivity contribution is 6.31. The lowest BCUT2D eigenvalue weighted by molar-refractivity contribution is -0.133. The standard InChI is InChI=1S/C8H9ClO3/c1-4-2-5(8(11)12)3-6(10)7(4)9/h2,6,10H,3H2,1H3,(H,11,12). The van der Waals surface area contributed by atoms with Gasteiger partial charge in [0, 0.05) is 17.0 Å². The normalized spacial score (nSPS) is 23.9. The lowest BCUT2D eigenvalue weighted by atomic mass is 9.98. The highest BCUT2D eigenvalue weighted by Gasteiger charge is 2.21. The fraction of sp³-hybridized carbons (Fsp3) is 0.375. The molecule has 1 rings (SSSR count). The van der Waals surface area contributed by atoms with Gasteiger partial charge in [-0.05, 0) is 18.6 Å². The van der Waals surface area contributed by atoms with E-state index in [1.54, 1.807) is 6.92 Å². The fourth-order valence-electron chi connectivity index (χ4n) is 1.10. The number of carbonyl (C=O) groups is 1. The first-order valence-corrected chi connectivity index (χ1v) is 3.88. The van der Waals surface area contributed by atoms with Crippen molar-refractivity contribution in [1.29, 1.82) is 0 Å². The molecule has 1 atom stereocenters. The van der Waals surface area contributed by atoms with E-state index < -0.39 is 12.1 Å². The summed E-state index contributed by atoms with van der Waals surface area (Å²) in [5.74, 6) is -1.00. The van der Waals surface area contributed by atoms with Crippen LogP contribution in [0.2, 0.25) is 0 Å². The maximum Gasteiger partial charge on any atom is 0.331 e. The first-order chi connectivity index (χ1) is 5.52. The number of hydrogen-bond donors (Lipinski definition) is 2. The van der Waals surface area contributed by atoms with Gasteiger partial charge in [-0.15, -0.1) is 0 Å². The smallest absolute Gasteiger partial charge is 0.331 e. The molecule has 0 saturated heterocycles. The maximum atomic E-state index is 10.5. The van der Waals surface area contributed by atoms with Gasteiger partial charge >= 0.3 is 5.97 Å². The Hall–Kier alpha value is -0.800. The Morgan fingerprint density at radius 2 is 2.33 bits per heavy atom. The number of rotatable bonds is 1. The molecular formula is C8H9ClO3. The van der Waals surface area contributed by atoms with Crippen LogP contribution in [0.5, 0.6) is 0 Å². The Labute approximate surface area is 75.0 Å². The quantitative estimate of drug-likeness (QED) is 0.652. The molecule has 1 unspecified atom stereocenters. The molecule has 0 aliphatic heterocycles. The van der Waals surface area contributed by atoms with Gasteiger partial charge < -0.3 is 10.2 Å². The molecule has 0 saturated carbocycles. The molecule has 4 heteroatoms. The van der Waals surface area contributed by atoms with Crippen molar-refractivity contribution in [3.63, 3.8) is 0 Å². The number of halogens is 1. The zero-order chi connectivity index (χ0) is 9.30. The predicted molar refractivity (Wildman–Crippen MR) is 44.9 cm³/mol. The van der Waals surface area contributed by atoms with Gasteiger partial charge in [-0.2, -0.15) is 0 Å².